The van der Waals surface area contributed by atoms with E-state index in [0.717, 1.165) is 4.90 Å². The number of benzene rings is 2. The number of hydrogen-bond donors (Lipinski definition) is 1. The second-order valence-electron chi connectivity index (χ2n) is 6.92. The van der Waals surface area contributed by atoms with Gasteiger partial charge in [0.25, 0.3) is 5.54 Å². The van der Waals surface area contributed by atoms with Crippen molar-refractivity contribution in [2.24, 2.45) is 16.1 Å². The lowest BCUT2D eigenvalue weighted by atomic mass is 9.85. The van der Waals surface area contributed by atoms with E-state index < -0.39 is 23.5 Å². The molecule has 1 aliphatic heterocycles. The molecule has 31 heavy (non-hydrogen) atoms. The summed E-state index contributed by atoms with van der Waals surface area (Å²) < 4.78 is 10.8. The number of para-hydroxylation sites is 1. The van der Waals surface area contributed by atoms with Crippen molar-refractivity contribution in [1.29, 1.82) is 5.26 Å². The number of esters is 1. The molecule has 1 heterocycles. The molecule has 0 aliphatic carbocycles. The van der Waals surface area contributed by atoms with Crippen LogP contribution in [0.5, 0.6) is 11.5 Å². The zero-order valence-electron chi connectivity index (χ0n) is 17.0. The number of ether oxygens (including phenoxy) is 2. The lowest BCUT2D eigenvalue weighted by Gasteiger charge is -2.25. The van der Waals surface area contributed by atoms with Crippen LogP contribution in [0.3, 0.4) is 0 Å². The SMILES string of the molecule is CCOC(=O)C(C#N)(/N=N/c1ccc(Oc2ccccc2)cc1)C1CCN(C(=O)O)C1. The van der Waals surface area contributed by atoms with Crippen molar-refractivity contribution in [3.63, 3.8) is 0 Å². The zero-order valence-corrected chi connectivity index (χ0v) is 17.0. The third-order valence-corrected chi connectivity index (χ3v) is 4.95. The molecule has 9 nitrogen and oxygen atoms in total. The number of hydrogen-bond acceptors (Lipinski definition) is 7. The van der Waals surface area contributed by atoms with E-state index in [-0.39, 0.29) is 19.7 Å². The normalized spacial score (nSPS) is 17.7. The highest BCUT2D eigenvalue weighted by molar-refractivity contribution is 5.85. The summed E-state index contributed by atoms with van der Waals surface area (Å²) in [6.07, 6.45) is -0.800. The number of nitriles is 1. The molecule has 1 saturated heterocycles. The molecule has 0 aromatic heterocycles. The topological polar surface area (TPSA) is 125 Å². The molecule has 9 heteroatoms. The van der Waals surface area contributed by atoms with E-state index in [1.54, 1.807) is 31.2 Å². The van der Waals surface area contributed by atoms with E-state index in [0.29, 0.717) is 23.6 Å². The maximum absolute atomic E-state index is 12.7. The molecule has 2 aromatic rings. The molecule has 0 radical (unpaired) electrons. The van der Waals surface area contributed by atoms with Gasteiger partial charge >= 0.3 is 12.1 Å². The van der Waals surface area contributed by atoms with Crippen molar-refractivity contribution in [2.75, 3.05) is 19.7 Å². The second kappa shape index (κ2) is 9.71. The van der Waals surface area contributed by atoms with Crippen LogP contribution in [0.25, 0.3) is 0 Å². The Morgan fingerprint density at radius 2 is 1.87 bits per heavy atom. The van der Waals surface area contributed by atoms with E-state index in [4.69, 9.17) is 9.47 Å². The van der Waals surface area contributed by atoms with Gasteiger partial charge in [-0.3, -0.25) is 0 Å². The average molecular weight is 422 g/mol. The van der Waals surface area contributed by atoms with Crippen molar-refractivity contribution in [3.8, 4) is 17.6 Å². The smallest absolute Gasteiger partial charge is 0.407 e. The molecule has 0 spiro atoms. The monoisotopic (exact) mass is 422 g/mol. The Kier molecular flexibility index (Phi) is 6.82. The van der Waals surface area contributed by atoms with Gasteiger partial charge in [0.2, 0.25) is 0 Å². The van der Waals surface area contributed by atoms with E-state index >= 15 is 0 Å². The quantitative estimate of drug-likeness (QED) is 0.521. The molecular formula is C22H22N4O5. The largest absolute Gasteiger partial charge is 0.465 e. The predicted octanol–water partition coefficient (Wildman–Crippen LogP) is 4.39. The first-order valence-electron chi connectivity index (χ1n) is 9.80. The summed E-state index contributed by atoms with van der Waals surface area (Å²) in [4.78, 5) is 25.1. The van der Waals surface area contributed by atoms with Crippen LogP contribution < -0.4 is 4.74 Å². The van der Waals surface area contributed by atoms with Gasteiger partial charge in [-0.05, 0) is 49.7 Å². The van der Waals surface area contributed by atoms with Crippen molar-refractivity contribution in [3.05, 3.63) is 54.6 Å². The average Bonchev–Trinajstić information content (AvgIpc) is 3.28. The molecule has 2 atom stereocenters. The minimum absolute atomic E-state index is 0.00454. The van der Waals surface area contributed by atoms with Crippen LogP contribution in [0.2, 0.25) is 0 Å². The minimum atomic E-state index is -1.92. The van der Waals surface area contributed by atoms with Gasteiger partial charge in [0.15, 0.2) is 0 Å². The second-order valence-corrected chi connectivity index (χ2v) is 6.92. The Labute approximate surface area is 179 Å². The summed E-state index contributed by atoms with van der Waals surface area (Å²) in [7, 11) is 0. The zero-order chi connectivity index (χ0) is 22.3. The Morgan fingerprint density at radius 3 is 2.45 bits per heavy atom. The van der Waals surface area contributed by atoms with Crippen LogP contribution >= 0.6 is 0 Å². The fourth-order valence-electron chi connectivity index (χ4n) is 3.31. The maximum atomic E-state index is 12.7. The Balaban J connectivity index is 1.81. The molecule has 1 N–H and O–H groups in total. The van der Waals surface area contributed by atoms with Crippen molar-refractivity contribution >= 4 is 17.7 Å². The molecule has 1 amide bonds. The molecule has 3 rings (SSSR count). The van der Waals surface area contributed by atoms with Gasteiger partial charge < -0.3 is 19.5 Å². The van der Waals surface area contributed by atoms with Gasteiger partial charge in [-0.2, -0.15) is 15.5 Å². The number of likely N-dealkylation sites (tertiary alicyclic amines) is 1. The highest BCUT2D eigenvalue weighted by atomic mass is 16.5. The van der Waals surface area contributed by atoms with Crippen molar-refractivity contribution in [2.45, 2.75) is 18.9 Å². The van der Waals surface area contributed by atoms with Crippen LogP contribution in [-0.2, 0) is 9.53 Å². The standard InChI is InChI=1S/C22H22N4O5/c1-2-30-20(27)22(15-23,16-12-13-26(14-16)21(28)29)25-24-17-8-10-19(11-9-17)31-18-6-4-3-5-7-18/h3-11,16H,2,12-14H2,1H3,(H,28,29)/b25-24+. The molecule has 2 aromatic carbocycles. The van der Waals surface area contributed by atoms with Gasteiger partial charge in [-0.25, -0.2) is 9.59 Å². The van der Waals surface area contributed by atoms with Gasteiger partial charge in [-0.15, -0.1) is 0 Å². The molecular weight excluding hydrogens is 400 g/mol. The summed E-state index contributed by atoms with van der Waals surface area (Å²) in [6, 6.07) is 17.9. The highest BCUT2D eigenvalue weighted by Crippen LogP contribution is 2.34. The summed E-state index contributed by atoms with van der Waals surface area (Å²) in [6.45, 7) is 1.91. The van der Waals surface area contributed by atoms with Crippen LogP contribution in [0.15, 0.2) is 64.8 Å². The number of nitrogens with zero attached hydrogens (tertiary/aromatic N) is 4. The molecule has 0 saturated carbocycles. The van der Waals surface area contributed by atoms with Crippen LogP contribution in [0.4, 0.5) is 10.5 Å². The third kappa shape index (κ3) is 4.98. The lowest BCUT2D eigenvalue weighted by molar-refractivity contribution is -0.149. The van der Waals surface area contributed by atoms with Crippen LogP contribution in [0, 0.1) is 17.2 Å². The lowest BCUT2D eigenvalue weighted by Crippen LogP contribution is -2.45. The predicted molar refractivity (Wildman–Crippen MR) is 110 cm³/mol. The Bertz CT molecular complexity index is 987. The number of amides is 1. The van der Waals surface area contributed by atoms with E-state index in [2.05, 4.69) is 10.2 Å². The van der Waals surface area contributed by atoms with Crippen molar-refractivity contribution in [1.82, 2.24) is 4.90 Å². The van der Waals surface area contributed by atoms with Crippen LogP contribution in [0.1, 0.15) is 13.3 Å². The first-order valence-corrected chi connectivity index (χ1v) is 9.80. The van der Waals surface area contributed by atoms with Crippen LogP contribution in [-0.4, -0.2) is 47.3 Å². The van der Waals surface area contributed by atoms with E-state index in [9.17, 15) is 20.0 Å². The van der Waals surface area contributed by atoms with E-state index in [1.807, 2.05) is 36.4 Å². The maximum Gasteiger partial charge on any atom is 0.407 e. The Hall–Kier alpha value is -3.93. The summed E-state index contributed by atoms with van der Waals surface area (Å²) in [5, 5.41) is 27.2. The van der Waals surface area contributed by atoms with Gasteiger partial charge in [0.1, 0.15) is 17.6 Å². The molecule has 0 bridgehead atoms. The first-order chi connectivity index (χ1) is 15.0. The fourth-order valence-corrected chi connectivity index (χ4v) is 3.31. The summed E-state index contributed by atoms with van der Waals surface area (Å²) in [5.41, 5.74) is -1.50. The molecule has 160 valence electrons. The molecule has 2 unspecified atom stereocenters. The number of carbonyl (C=O) groups is 2. The van der Waals surface area contributed by atoms with Gasteiger partial charge in [0, 0.05) is 19.0 Å². The first kappa shape index (κ1) is 21.8. The summed E-state index contributed by atoms with van der Waals surface area (Å²) >= 11 is 0. The number of azo groups is 1. The van der Waals surface area contributed by atoms with Gasteiger partial charge in [-0.1, -0.05) is 18.2 Å². The highest BCUT2D eigenvalue weighted by Gasteiger charge is 2.52. The fraction of sp³-hybridized carbons (Fsp3) is 0.318. The van der Waals surface area contributed by atoms with E-state index in [1.165, 1.54) is 0 Å². The minimum Gasteiger partial charge on any atom is -0.465 e. The third-order valence-electron chi connectivity index (χ3n) is 4.95. The van der Waals surface area contributed by atoms with Gasteiger partial charge in [0.05, 0.1) is 12.3 Å². The van der Waals surface area contributed by atoms with Crippen molar-refractivity contribution < 1.29 is 24.2 Å². The summed E-state index contributed by atoms with van der Waals surface area (Å²) in [5.74, 6) is -0.207. The Morgan fingerprint density at radius 1 is 1.19 bits per heavy atom. The number of carbonyl (C=O) groups excluding carboxylic acids is 1. The molecule has 1 aliphatic rings. The number of carboxylic acid groups (broad SMARTS) is 1. The molecule has 1 fully saturated rings. The number of rotatable bonds is 7.